The first-order chi connectivity index (χ1) is 10.1. The maximum atomic E-state index is 12.7. The highest BCUT2D eigenvalue weighted by atomic mass is 19.4. The first kappa shape index (κ1) is 16.8. The summed E-state index contributed by atoms with van der Waals surface area (Å²) >= 11 is 0. The van der Waals surface area contributed by atoms with Crippen LogP contribution in [0.25, 0.3) is 0 Å². The molecule has 1 aliphatic heterocycles. The number of carbonyl (C=O) groups is 1. The first-order valence-corrected chi connectivity index (χ1v) is 7.17. The van der Waals surface area contributed by atoms with Gasteiger partial charge in [0.15, 0.2) is 5.69 Å². The molecule has 0 saturated carbocycles. The molecule has 0 radical (unpaired) electrons. The van der Waals surface area contributed by atoms with Crippen LogP contribution >= 0.6 is 0 Å². The van der Waals surface area contributed by atoms with Crippen LogP contribution in [-0.4, -0.2) is 45.9 Å². The highest BCUT2D eigenvalue weighted by Gasteiger charge is 2.36. The SMILES string of the molecule is Cc1cc(C(F)(F)F)nn1[C@H](C)C(=O)N1C[C@@H](C)O[C@H](C)C1. The zero-order chi connectivity index (χ0) is 16.7. The fourth-order valence-electron chi connectivity index (χ4n) is 2.75. The Hall–Kier alpha value is -1.57. The van der Waals surface area contributed by atoms with Crippen molar-refractivity contribution >= 4 is 5.91 Å². The van der Waals surface area contributed by atoms with Crippen molar-refractivity contribution in [3.63, 3.8) is 0 Å². The molecular formula is C14H20F3N3O2. The summed E-state index contributed by atoms with van der Waals surface area (Å²) in [5.41, 5.74) is -0.670. The smallest absolute Gasteiger partial charge is 0.372 e. The lowest BCUT2D eigenvalue weighted by molar-refractivity contribution is -0.147. The van der Waals surface area contributed by atoms with Gasteiger partial charge < -0.3 is 9.64 Å². The van der Waals surface area contributed by atoms with E-state index < -0.39 is 17.9 Å². The summed E-state index contributed by atoms with van der Waals surface area (Å²) in [6.45, 7) is 7.66. The Labute approximate surface area is 127 Å². The molecule has 1 aliphatic rings. The number of halogens is 3. The van der Waals surface area contributed by atoms with Gasteiger partial charge in [0, 0.05) is 18.8 Å². The highest BCUT2D eigenvalue weighted by molar-refractivity contribution is 5.80. The van der Waals surface area contributed by atoms with Crippen molar-refractivity contribution in [3.8, 4) is 0 Å². The molecule has 2 heterocycles. The monoisotopic (exact) mass is 319 g/mol. The summed E-state index contributed by atoms with van der Waals surface area (Å²) in [4.78, 5) is 14.2. The molecule has 2 rings (SSSR count). The second kappa shape index (κ2) is 5.91. The van der Waals surface area contributed by atoms with Gasteiger partial charge in [-0.15, -0.1) is 0 Å². The van der Waals surface area contributed by atoms with E-state index in [0.717, 1.165) is 10.7 Å². The van der Waals surface area contributed by atoms with Crippen LogP contribution < -0.4 is 0 Å². The lowest BCUT2D eigenvalue weighted by atomic mass is 10.2. The van der Waals surface area contributed by atoms with E-state index in [1.165, 1.54) is 6.92 Å². The molecule has 1 aromatic rings. The van der Waals surface area contributed by atoms with Crippen LogP contribution in [0.3, 0.4) is 0 Å². The summed E-state index contributed by atoms with van der Waals surface area (Å²) in [6, 6.07) is 0.169. The molecule has 0 aliphatic carbocycles. The number of carbonyl (C=O) groups excluding carboxylic acids is 1. The Kier molecular flexibility index (Phi) is 4.51. The summed E-state index contributed by atoms with van der Waals surface area (Å²) in [7, 11) is 0. The van der Waals surface area contributed by atoms with Gasteiger partial charge in [-0.25, -0.2) is 0 Å². The molecule has 1 amide bonds. The number of hydrogen-bond acceptors (Lipinski definition) is 3. The predicted molar refractivity (Wildman–Crippen MR) is 73.3 cm³/mol. The molecule has 0 N–H and O–H groups in total. The van der Waals surface area contributed by atoms with E-state index >= 15 is 0 Å². The summed E-state index contributed by atoms with van der Waals surface area (Å²) in [6.07, 6.45) is -4.70. The Bertz CT molecular complexity index is 546. The van der Waals surface area contributed by atoms with Crippen molar-refractivity contribution in [3.05, 3.63) is 17.5 Å². The number of aryl methyl sites for hydroxylation is 1. The molecule has 3 atom stereocenters. The fourth-order valence-corrected chi connectivity index (χ4v) is 2.75. The predicted octanol–water partition coefficient (Wildman–Crippen LogP) is 2.41. The van der Waals surface area contributed by atoms with E-state index in [1.54, 1.807) is 11.8 Å². The third kappa shape index (κ3) is 3.43. The quantitative estimate of drug-likeness (QED) is 0.841. The number of amides is 1. The second-order valence-corrected chi connectivity index (χ2v) is 5.79. The van der Waals surface area contributed by atoms with Crippen molar-refractivity contribution in [2.24, 2.45) is 0 Å². The lowest BCUT2D eigenvalue weighted by Gasteiger charge is -2.36. The highest BCUT2D eigenvalue weighted by Crippen LogP contribution is 2.29. The van der Waals surface area contributed by atoms with Crippen molar-refractivity contribution in [2.45, 2.75) is 52.1 Å². The molecule has 22 heavy (non-hydrogen) atoms. The van der Waals surface area contributed by atoms with Gasteiger partial charge in [0.25, 0.3) is 0 Å². The van der Waals surface area contributed by atoms with Crippen LogP contribution in [0, 0.1) is 6.92 Å². The van der Waals surface area contributed by atoms with E-state index in [9.17, 15) is 18.0 Å². The minimum Gasteiger partial charge on any atom is -0.372 e. The van der Waals surface area contributed by atoms with Crippen LogP contribution in [0.2, 0.25) is 0 Å². The molecule has 5 nitrogen and oxygen atoms in total. The first-order valence-electron chi connectivity index (χ1n) is 7.17. The number of rotatable bonds is 2. The molecule has 8 heteroatoms. The third-order valence-corrected chi connectivity index (χ3v) is 3.67. The van der Waals surface area contributed by atoms with Gasteiger partial charge in [0.05, 0.1) is 12.2 Å². The van der Waals surface area contributed by atoms with Gasteiger partial charge in [-0.2, -0.15) is 18.3 Å². The number of nitrogens with zero attached hydrogens (tertiary/aromatic N) is 3. The lowest BCUT2D eigenvalue weighted by Crippen LogP contribution is -2.50. The van der Waals surface area contributed by atoms with E-state index in [4.69, 9.17) is 4.74 Å². The van der Waals surface area contributed by atoms with Crippen LogP contribution in [0.15, 0.2) is 6.07 Å². The largest absolute Gasteiger partial charge is 0.435 e. The molecule has 1 aromatic heterocycles. The average Bonchev–Trinajstić information content (AvgIpc) is 2.78. The van der Waals surface area contributed by atoms with Gasteiger partial charge in [0.2, 0.25) is 5.91 Å². The minimum absolute atomic E-state index is 0.0932. The number of morpholine rings is 1. The molecule has 124 valence electrons. The molecule has 0 bridgehead atoms. The number of ether oxygens (including phenoxy) is 1. The maximum Gasteiger partial charge on any atom is 0.435 e. The zero-order valence-corrected chi connectivity index (χ0v) is 13.0. The van der Waals surface area contributed by atoms with E-state index in [2.05, 4.69) is 5.10 Å². The number of alkyl halides is 3. The van der Waals surface area contributed by atoms with E-state index in [-0.39, 0.29) is 18.1 Å². The topological polar surface area (TPSA) is 47.4 Å². The van der Waals surface area contributed by atoms with Crippen LogP contribution in [-0.2, 0) is 15.7 Å². The Morgan fingerprint density at radius 2 is 1.91 bits per heavy atom. The Morgan fingerprint density at radius 3 is 2.36 bits per heavy atom. The van der Waals surface area contributed by atoms with Gasteiger partial charge in [-0.3, -0.25) is 9.48 Å². The molecule has 0 aromatic carbocycles. The Balaban J connectivity index is 2.19. The summed E-state index contributed by atoms with van der Waals surface area (Å²) in [5.74, 6) is -0.248. The van der Waals surface area contributed by atoms with Crippen LogP contribution in [0.1, 0.15) is 38.2 Å². The molecule has 0 spiro atoms. The van der Waals surface area contributed by atoms with Crippen molar-refractivity contribution in [1.82, 2.24) is 14.7 Å². The van der Waals surface area contributed by atoms with Crippen molar-refractivity contribution < 1.29 is 22.7 Å². The van der Waals surface area contributed by atoms with Crippen LogP contribution in [0.4, 0.5) is 13.2 Å². The molecular weight excluding hydrogens is 299 g/mol. The maximum absolute atomic E-state index is 12.7. The van der Waals surface area contributed by atoms with Crippen LogP contribution in [0.5, 0.6) is 0 Å². The fraction of sp³-hybridized carbons (Fsp3) is 0.714. The zero-order valence-electron chi connectivity index (χ0n) is 13.0. The van der Waals surface area contributed by atoms with Crippen molar-refractivity contribution in [2.75, 3.05) is 13.1 Å². The Morgan fingerprint density at radius 1 is 1.36 bits per heavy atom. The number of hydrogen-bond donors (Lipinski definition) is 0. The minimum atomic E-state index is -4.51. The summed E-state index contributed by atoms with van der Waals surface area (Å²) in [5, 5.41) is 3.55. The van der Waals surface area contributed by atoms with E-state index in [0.29, 0.717) is 18.8 Å². The van der Waals surface area contributed by atoms with Gasteiger partial charge in [0.1, 0.15) is 6.04 Å². The molecule has 1 fully saturated rings. The van der Waals surface area contributed by atoms with E-state index in [1.807, 2.05) is 13.8 Å². The average molecular weight is 319 g/mol. The summed E-state index contributed by atoms with van der Waals surface area (Å²) < 4.78 is 44.8. The van der Waals surface area contributed by atoms with Crippen molar-refractivity contribution in [1.29, 1.82) is 0 Å². The van der Waals surface area contributed by atoms with Gasteiger partial charge in [-0.05, 0) is 33.8 Å². The molecule has 0 unspecified atom stereocenters. The van der Waals surface area contributed by atoms with Gasteiger partial charge in [-0.1, -0.05) is 0 Å². The molecule has 1 saturated heterocycles. The number of aromatic nitrogens is 2. The third-order valence-electron chi connectivity index (χ3n) is 3.67. The second-order valence-electron chi connectivity index (χ2n) is 5.79. The normalized spacial score (nSPS) is 24.4. The van der Waals surface area contributed by atoms with Gasteiger partial charge >= 0.3 is 6.18 Å². The standard InChI is InChI=1S/C14H20F3N3O2/c1-8-5-12(14(15,16)17)18-20(8)11(4)13(21)19-6-9(2)22-10(3)7-19/h5,9-11H,6-7H2,1-4H3/t9-,10-,11-/m1/s1.